The maximum absolute atomic E-state index is 2.54. The highest BCUT2D eigenvalue weighted by Crippen LogP contribution is 2.38. The van der Waals surface area contributed by atoms with Crippen LogP contribution in [0.25, 0.3) is 0 Å². The molecule has 1 aliphatic rings. The Labute approximate surface area is 122 Å². The monoisotopic (exact) mass is 266 g/mol. The number of rotatable bonds is 5. The summed E-state index contributed by atoms with van der Waals surface area (Å²) in [7, 11) is 0. The van der Waals surface area contributed by atoms with Gasteiger partial charge in [0.25, 0.3) is 0 Å². The second-order valence-electron chi connectivity index (χ2n) is 7.51. The highest BCUT2D eigenvalue weighted by Gasteiger charge is 2.26. The Kier molecular flexibility index (Phi) is 8.11. The molecule has 19 heavy (non-hydrogen) atoms. The van der Waals surface area contributed by atoms with Gasteiger partial charge in [-0.25, -0.2) is 0 Å². The quantitative estimate of drug-likeness (QED) is 0.503. The van der Waals surface area contributed by atoms with Crippen molar-refractivity contribution in [1.82, 2.24) is 0 Å². The zero-order chi connectivity index (χ0) is 14.1. The van der Waals surface area contributed by atoms with Gasteiger partial charge in [0, 0.05) is 0 Å². The van der Waals surface area contributed by atoms with Crippen molar-refractivity contribution in [2.75, 3.05) is 0 Å². The summed E-state index contributed by atoms with van der Waals surface area (Å²) in [6, 6.07) is 0. The minimum absolute atomic E-state index is 0.592. The Morgan fingerprint density at radius 3 is 1.68 bits per heavy atom. The Balaban J connectivity index is 2.48. The molecule has 0 saturated heterocycles. The normalized spacial score (nSPS) is 22.1. The van der Waals surface area contributed by atoms with Gasteiger partial charge in [0.05, 0.1) is 0 Å². The van der Waals surface area contributed by atoms with E-state index in [0.29, 0.717) is 5.41 Å². The van der Waals surface area contributed by atoms with Crippen LogP contribution in [0.5, 0.6) is 0 Å². The van der Waals surface area contributed by atoms with E-state index in [1.165, 1.54) is 77.0 Å². The van der Waals surface area contributed by atoms with Gasteiger partial charge in [0.1, 0.15) is 0 Å². The van der Waals surface area contributed by atoms with E-state index in [-0.39, 0.29) is 0 Å². The molecule has 1 atom stereocenters. The van der Waals surface area contributed by atoms with Crippen molar-refractivity contribution in [3.05, 3.63) is 0 Å². The minimum atomic E-state index is 0.592. The molecule has 1 fully saturated rings. The third kappa shape index (κ3) is 6.32. The van der Waals surface area contributed by atoms with Gasteiger partial charge in [-0.3, -0.25) is 0 Å². The summed E-state index contributed by atoms with van der Waals surface area (Å²) in [5.74, 6) is 1.94. The second-order valence-corrected chi connectivity index (χ2v) is 7.51. The number of hydrogen-bond acceptors (Lipinski definition) is 0. The van der Waals surface area contributed by atoms with E-state index >= 15 is 0 Å². The van der Waals surface area contributed by atoms with Crippen molar-refractivity contribution < 1.29 is 0 Å². The fraction of sp³-hybridized carbons (Fsp3) is 1.00. The Morgan fingerprint density at radius 1 is 0.842 bits per heavy atom. The summed E-state index contributed by atoms with van der Waals surface area (Å²) in [5.41, 5.74) is 0.592. The van der Waals surface area contributed by atoms with E-state index in [2.05, 4.69) is 27.7 Å². The maximum atomic E-state index is 2.54. The molecular formula is C19H38. The minimum Gasteiger partial charge on any atom is -0.0649 e. The van der Waals surface area contributed by atoms with Crippen molar-refractivity contribution in [2.24, 2.45) is 17.3 Å². The predicted octanol–water partition coefficient (Wildman–Crippen LogP) is 6.98. The van der Waals surface area contributed by atoms with Crippen LogP contribution < -0.4 is 0 Å². The summed E-state index contributed by atoms with van der Waals surface area (Å²) in [6.07, 6.45) is 17.6. The molecular weight excluding hydrogens is 228 g/mol. The van der Waals surface area contributed by atoms with Crippen LogP contribution in [0.15, 0.2) is 0 Å². The van der Waals surface area contributed by atoms with Crippen molar-refractivity contribution in [2.45, 2.75) is 105 Å². The fourth-order valence-electron chi connectivity index (χ4n) is 3.89. The van der Waals surface area contributed by atoms with Crippen LogP contribution in [0, 0.1) is 17.3 Å². The van der Waals surface area contributed by atoms with Crippen molar-refractivity contribution in [1.29, 1.82) is 0 Å². The van der Waals surface area contributed by atoms with Crippen LogP contribution in [-0.4, -0.2) is 0 Å². The average Bonchev–Trinajstić information content (AvgIpc) is 2.44. The largest absolute Gasteiger partial charge is 0.0649 e. The lowest BCUT2D eigenvalue weighted by Crippen LogP contribution is -2.23. The van der Waals surface area contributed by atoms with Crippen LogP contribution in [-0.2, 0) is 0 Å². The van der Waals surface area contributed by atoms with Crippen LogP contribution in [0.3, 0.4) is 0 Å². The first-order chi connectivity index (χ1) is 9.11. The number of hydrogen-bond donors (Lipinski definition) is 0. The van der Waals surface area contributed by atoms with Crippen molar-refractivity contribution in [3.8, 4) is 0 Å². The Bertz CT molecular complexity index is 204. The first-order valence-corrected chi connectivity index (χ1v) is 9.11. The van der Waals surface area contributed by atoms with E-state index in [1.54, 1.807) is 0 Å². The van der Waals surface area contributed by atoms with Crippen LogP contribution >= 0.6 is 0 Å². The first kappa shape index (κ1) is 17.1. The van der Waals surface area contributed by atoms with E-state index in [0.717, 1.165) is 11.8 Å². The average molecular weight is 267 g/mol. The lowest BCUT2D eigenvalue weighted by molar-refractivity contribution is 0.171. The van der Waals surface area contributed by atoms with Gasteiger partial charge >= 0.3 is 0 Å². The molecule has 114 valence electrons. The third-order valence-electron chi connectivity index (χ3n) is 5.98. The Hall–Kier alpha value is 0. The van der Waals surface area contributed by atoms with Gasteiger partial charge in [0.2, 0.25) is 0 Å². The molecule has 0 radical (unpaired) electrons. The van der Waals surface area contributed by atoms with Gasteiger partial charge in [0.15, 0.2) is 0 Å². The molecule has 0 heterocycles. The van der Waals surface area contributed by atoms with Crippen LogP contribution in [0.1, 0.15) is 105 Å². The SMILES string of the molecule is CCC(C)(CC)CC(C)C1CCCCCCCCC1. The Morgan fingerprint density at radius 2 is 1.26 bits per heavy atom. The highest BCUT2D eigenvalue weighted by molar-refractivity contribution is 4.78. The van der Waals surface area contributed by atoms with Gasteiger partial charge in [-0.1, -0.05) is 98.3 Å². The topological polar surface area (TPSA) is 0 Å². The first-order valence-electron chi connectivity index (χ1n) is 9.11. The molecule has 1 rings (SSSR count). The van der Waals surface area contributed by atoms with E-state index in [1.807, 2.05) is 0 Å². The van der Waals surface area contributed by atoms with Crippen molar-refractivity contribution in [3.63, 3.8) is 0 Å². The summed E-state index contributed by atoms with van der Waals surface area (Å²) >= 11 is 0. The fourth-order valence-corrected chi connectivity index (χ4v) is 3.89. The third-order valence-corrected chi connectivity index (χ3v) is 5.98. The van der Waals surface area contributed by atoms with Gasteiger partial charge < -0.3 is 0 Å². The second kappa shape index (κ2) is 9.03. The molecule has 0 nitrogen and oxygen atoms in total. The summed E-state index contributed by atoms with van der Waals surface area (Å²) in [4.78, 5) is 0. The van der Waals surface area contributed by atoms with E-state index in [4.69, 9.17) is 0 Å². The highest BCUT2D eigenvalue weighted by atomic mass is 14.3. The predicted molar refractivity (Wildman–Crippen MR) is 87.5 cm³/mol. The molecule has 0 aromatic rings. The summed E-state index contributed by atoms with van der Waals surface area (Å²) in [6.45, 7) is 9.80. The molecule has 0 aromatic heterocycles. The van der Waals surface area contributed by atoms with Crippen molar-refractivity contribution >= 4 is 0 Å². The molecule has 1 unspecified atom stereocenters. The molecule has 0 spiro atoms. The molecule has 1 aliphatic carbocycles. The van der Waals surface area contributed by atoms with Crippen LogP contribution in [0.2, 0.25) is 0 Å². The molecule has 0 bridgehead atoms. The lowest BCUT2D eigenvalue weighted by Gasteiger charge is -2.34. The molecule has 0 aliphatic heterocycles. The van der Waals surface area contributed by atoms with E-state index < -0.39 is 0 Å². The van der Waals surface area contributed by atoms with Crippen LogP contribution in [0.4, 0.5) is 0 Å². The van der Waals surface area contributed by atoms with E-state index in [9.17, 15) is 0 Å². The molecule has 1 saturated carbocycles. The molecule has 0 N–H and O–H groups in total. The molecule has 0 aromatic carbocycles. The van der Waals surface area contributed by atoms with Gasteiger partial charge in [-0.15, -0.1) is 0 Å². The molecule has 0 amide bonds. The van der Waals surface area contributed by atoms with Gasteiger partial charge in [-0.05, 0) is 23.7 Å². The molecule has 0 heteroatoms. The van der Waals surface area contributed by atoms with Gasteiger partial charge in [-0.2, -0.15) is 0 Å². The summed E-state index contributed by atoms with van der Waals surface area (Å²) in [5, 5.41) is 0. The smallest absolute Gasteiger partial charge is 0.0328 e. The standard InChI is InChI=1S/C19H38/c1-5-19(4,6-2)16-17(3)18-14-12-10-8-7-9-11-13-15-18/h17-18H,5-16H2,1-4H3. The summed E-state index contributed by atoms with van der Waals surface area (Å²) < 4.78 is 0. The zero-order valence-corrected chi connectivity index (χ0v) is 14.1. The zero-order valence-electron chi connectivity index (χ0n) is 14.1. The maximum Gasteiger partial charge on any atom is -0.0328 e. The lowest BCUT2D eigenvalue weighted by atomic mass is 9.71.